The molecule has 0 saturated carbocycles. The first kappa shape index (κ1) is 16.9. The minimum absolute atomic E-state index is 0.209. The van der Waals surface area contributed by atoms with E-state index in [9.17, 15) is 9.59 Å². The molecule has 0 bridgehead atoms. The number of nitrogens with zero attached hydrogens (tertiary/aromatic N) is 3. The number of aryl methyl sites for hydroxylation is 2. The van der Waals surface area contributed by atoms with Gasteiger partial charge in [-0.25, -0.2) is 4.57 Å². The van der Waals surface area contributed by atoms with Crippen LogP contribution in [0.1, 0.15) is 36.2 Å². The zero-order valence-electron chi connectivity index (χ0n) is 14.7. The summed E-state index contributed by atoms with van der Waals surface area (Å²) >= 11 is 0. The van der Waals surface area contributed by atoms with Gasteiger partial charge >= 0.3 is 0 Å². The van der Waals surface area contributed by atoms with Crippen LogP contribution in [0, 0.1) is 6.92 Å². The number of carbonyl (C=O) groups excluding carboxylic acids is 1. The lowest BCUT2D eigenvalue weighted by molar-refractivity contribution is -0.658. The van der Waals surface area contributed by atoms with Gasteiger partial charge in [-0.2, -0.15) is 0 Å². The zero-order valence-corrected chi connectivity index (χ0v) is 14.7. The molecule has 0 atom stereocenters. The van der Waals surface area contributed by atoms with Gasteiger partial charge in [0.25, 0.3) is 17.1 Å². The molecule has 3 rings (SSSR count). The summed E-state index contributed by atoms with van der Waals surface area (Å²) in [6.45, 7) is 6.81. The fraction of sp³-hybridized carbons (Fsp3) is 0.333. The second-order valence-electron chi connectivity index (χ2n) is 5.99. The van der Waals surface area contributed by atoms with Gasteiger partial charge in [0.2, 0.25) is 11.5 Å². The summed E-state index contributed by atoms with van der Waals surface area (Å²) in [7, 11) is 0. The van der Waals surface area contributed by atoms with E-state index in [1.54, 1.807) is 22.9 Å². The van der Waals surface area contributed by atoms with Gasteiger partial charge in [-0.05, 0) is 32.4 Å². The average molecular weight is 340 g/mol. The van der Waals surface area contributed by atoms with Crippen LogP contribution in [0.3, 0.4) is 0 Å². The minimum atomic E-state index is -0.291. The van der Waals surface area contributed by atoms with E-state index in [-0.39, 0.29) is 11.5 Å². The highest BCUT2D eigenvalue weighted by molar-refractivity contribution is 6.00. The summed E-state index contributed by atoms with van der Waals surface area (Å²) in [5.74, 6) is 0.0330. The number of pyridine rings is 2. The van der Waals surface area contributed by atoms with E-state index < -0.39 is 0 Å². The lowest BCUT2D eigenvalue weighted by atomic mass is 10.1. The number of nitrogens with two attached hydrogens (primary N) is 1. The molecule has 0 aromatic carbocycles. The molecule has 130 valence electrons. The van der Waals surface area contributed by atoms with Crippen LogP contribution in [-0.4, -0.2) is 21.8 Å². The summed E-state index contributed by atoms with van der Waals surface area (Å²) in [6.07, 6.45) is 2.49. The van der Waals surface area contributed by atoms with E-state index in [0.717, 1.165) is 12.0 Å². The fourth-order valence-corrected chi connectivity index (χ4v) is 3.00. The van der Waals surface area contributed by atoms with Crippen molar-refractivity contribution in [2.75, 3.05) is 12.3 Å². The summed E-state index contributed by atoms with van der Waals surface area (Å²) < 4.78 is 3.26. The molecule has 25 heavy (non-hydrogen) atoms. The van der Waals surface area contributed by atoms with E-state index in [2.05, 4.69) is 10.3 Å². The number of fused-ring (bicyclic) bond motifs is 2. The molecule has 0 spiro atoms. The first-order chi connectivity index (χ1) is 12.0. The van der Waals surface area contributed by atoms with Crippen LogP contribution in [0.5, 0.6) is 0 Å². The molecule has 3 aromatic rings. The largest absolute Gasteiger partial charge is 0.352 e. The molecule has 0 aliphatic heterocycles. The number of anilines is 1. The van der Waals surface area contributed by atoms with Crippen LogP contribution in [0.15, 0.2) is 29.2 Å². The van der Waals surface area contributed by atoms with E-state index in [0.29, 0.717) is 41.2 Å². The standard InChI is InChI=1S/C18H21N5O2/c1-4-8-22-14(19)12(17(24)20-5-2)10-13-16(22)21-15-11(3)7-6-9-23(15)18(13)25/h6-7,9-10,19H,4-5,8H2,1-3H3,(H,20,24)/p+1. The predicted octanol–water partition coefficient (Wildman–Crippen LogP) is 1.19. The highest BCUT2D eigenvalue weighted by Crippen LogP contribution is 2.16. The molecule has 3 aromatic heterocycles. The Morgan fingerprint density at radius 2 is 2.16 bits per heavy atom. The molecule has 3 heterocycles. The normalized spacial score (nSPS) is 11.2. The molecule has 0 radical (unpaired) electrons. The van der Waals surface area contributed by atoms with E-state index in [4.69, 9.17) is 5.73 Å². The van der Waals surface area contributed by atoms with Crippen LogP contribution in [0.2, 0.25) is 0 Å². The zero-order chi connectivity index (χ0) is 18.1. The maximum atomic E-state index is 13.0. The lowest BCUT2D eigenvalue weighted by Crippen LogP contribution is -2.42. The van der Waals surface area contributed by atoms with Gasteiger partial charge in [0.05, 0.1) is 6.54 Å². The summed E-state index contributed by atoms with van der Waals surface area (Å²) in [6, 6.07) is 5.26. The lowest BCUT2D eigenvalue weighted by Gasteiger charge is -2.11. The van der Waals surface area contributed by atoms with Gasteiger partial charge < -0.3 is 11.1 Å². The van der Waals surface area contributed by atoms with Gasteiger partial charge in [-0.1, -0.05) is 18.0 Å². The molecule has 0 aliphatic carbocycles. The van der Waals surface area contributed by atoms with Crippen molar-refractivity contribution < 1.29 is 9.36 Å². The summed E-state index contributed by atoms with van der Waals surface area (Å²) in [5, 5.41) is 3.12. The number of rotatable bonds is 4. The van der Waals surface area contributed by atoms with Crippen LogP contribution >= 0.6 is 0 Å². The Morgan fingerprint density at radius 1 is 1.40 bits per heavy atom. The third-order valence-corrected chi connectivity index (χ3v) is 4.20. The predicted molar refractivity (Wildman–Crippen MR) is 96.6 cm³/mol. The van der Waals surface area contributed by atoms with Crippen molar-refractivity contribution in [3.63, 3.8) is 0 Å². The molecular formula is C18H22N5O2+. The number of carbonyl (C=O) groups is 1. The number of hydrogen-bond acceptors (Lipinski definition) is 4. The van der Waals surface area contributed by atoms with E-state index in [1.165, 1.54) is 4.40 Å². The van der Waals surface area contributed by atoms with Crippen molar-refractivity contribution in [1.82, 2.24) is 14.7 Å². The van der Waals surface area contributed by atoms with Crippen molar-refractivity contribution >= 4 is 28.4 Å². The van der Waals surface area contributed by atoms with Crippen LogP contribution < -0.4 is 21.2 Å². The molecule has 0 saturated heterocycles. The number of amides is 1. The van der Waals surface area contributed by atoms with Gasteiger partial charge in [0.1, 0.15) is 10.9 Å². The third-order valence-electron chi connectivity index (χ3n) is 4.20. The summed E-state index contributed by atoms with van der Waals surface area (Å²) in [5.41, 5.74) is 8.34. The van der Waals surface area contributed by atoms with Gasteiger partial charge in [-0.15, -0.1) is 0 Å². The smallest absolute Gasteiger partial charge is 0.278 e. The molecule has 7 heteroatoms. The topological polar surface area (TPSA) is 93.4 Å². The Hall–Kier alpha value is -2.96. The molecule has 3 N–H and O–H groups in total. The Labute approximate surface area is 145 Å². The molecule has 1 amide bonds. The van der Waals surface area contributed by atoms with Crippen molar-refractivity contribution in [3.8, 4) is 0 Å². The Morgan fingerprint density at radius 3 is 2.84 bits per heavy atom. The quantitative estimate of drug-likeness (QED) is 0.551. The number of hydrogen-bond donors (Lipinski definition) is 2. The van der Waals surface area contributed by atoms with Gasteiger partial charge in [0.15, 0.2) is 0 Å². The second-order valence-corrected chi connectivity index (χ2v) is 5.99. The first-order valence-electron chi connectivity index (χ1n) is 8.41. The van der Waals surface area contributed by atoms with Gasteiger partial charge in [0, 0.05) is 18.3 Å². The van der Waals surface area contributed by atoms with Crippen molar-refractivity contribution in [3.05, 3.63) is 45.9 Å². The Balaban J connectivity index is 2.47. The number of nitrogen functional groups attached to an aromatic ring is 1. The van der Waals surface area contributed by atoms with E-state index >= 15 is 0 Å². The number of aromatic nitrogens is 3. The first-order valence-corrected chi connectivity index (χ1v) is 8.41. The van der Waals surface area contributed by atoms with Gasteiger partial charge in [-0.3, -0.25) is 14.0 Å². The Bertz CT molecular complexity index is 1040. The van der Waals surface area contributed by atoms with Crippen molar-refractivity contribution in [2.24, 2.45) is 0 Å². The minimum Gasteiger partial charge on any atom is -0.352 e. The molecule has 0 aliphatic rings. The second kappa shape index (κ2) is 6.51. The van der Waals surface area contributed by atoms with E-state index in [1.807, 2.05) is 26.8 Å². The highest BCUT2D eigenvalue weighted by atomic mass is 16.1. The van der Waals surface area contributed by atoms with Crippen LogP contribution in [0.25, 0.3) is 16.7 Å². The fourth-order valence-electron chi connectivity index (χ4n) is 3.00. The molecule has 7 nitrogen and oxygen atoms in total. The molecular weight excluding hydrogens is 318 g/mol. The molecule has 0 fully saturated rings. The summed E-state index contributed by atoms with van der Waals surface area (Å²) in [4.78, 5) is 30.0. The van der Waals surface area contributed by atoms with Crippen LogP contribution in [0.4, 0.5) is 5.82 Å². The maximum Gasteiger partial charge on any atom is 0.278 e. The number of nitrogens with one attached hydrogen (secondary N) is 1. The maximum absolute atomic E-state index is 13.0. The highest BCUT2D eigenvalue weighted by Gasteiger charge is 2.24. The van der Waals surface area contributed by atoms with Crippen molar-refractivity contribution in [1.29, 1.82) is 0 Å². The monoisotopic (exact) mass is 340 g/mol. The SMILES string of the molecule is CCC[n+]1c(N)c(C(=O)NCC)cc2c(=O)n3cccc(C)c3nc21. The average Bonchev–Trinajstić information content (AvgIpc) is 2.59. The van der Waals surface area contributed by atoms with Crippen LogP contribution in [-0.2, 0) is 6.54 Å². The van der Waals surface area contributed by atoms with Crippen molar-refractivity contribution in [2.45, 2.75) is 33.7 Å². The Kier molecular flexibility index (Phi) is 4.39. The third kappa shape index (κ3) is 2.71. The molecule has 0 unspecified atom stereocenters.